The summed E-state index contributed by atoms with van der Waals surface area (Å²) < 4.78 is 0. The van der Waals surface area contributed by atoms with Gasteiger partial charge in [0.15, 0.2) is 0 Å². The van der Waals surface area contributed by atoms with Crippen LogP contribution in [-0.4, -0.2) is 11.8 Å². The van der Waals surface area contributed by atoms with Crippen LogP contribution in [0.15, 0.2) is 5.16 Å². The van der Waals surface area contributed by atoms with E-state index in [4.69, 9.17) is 4.84 Å². The molecular weight excluding hydrogens is 150 g/mol. The lowest BCUT2D eigenvalue weighted by Crippen LogP contribution is -2.25. The predicted molar refractivity (Wildman–Crippen MR) is 49.2 cm³/mol. The normalized spacial score (nSPS) is 26.3. The summed E-state index contributed by atoms with van der Waals surface area (Å²) in [5, 5.41) is 4.15. The zero-order valence-electron chi connectivity index (χ0n) is 7.97. The van der Waals surface area contributed by atoms with Gasteiger partial charge >= 0.3 is 0 Å². The first-order valence-corrected chi connectivity index (χ1v) is 4.96. The summed E-state index contributed by atoms with van der Waals surface area (Å²) in [5.41, 5.74) is 2.00. The quantitative estimate of drug-likeness (QED) is 0.592. The molecule has 1 unspecified atom stereocenters. The lowest BCUT2D eigenvalue weighted by Gasteiger charge is -2.26. The molecule has 0 bridgehead atoms. The van der Waals surface area contributed by atoms with Crippen LogP contribution in [0.1, 0.15) is 46.0 Å². The van der Waals surface area contributed by atoms with Crippen molar-refractivity contribution in [3.05, 3.63) is 0 Å². The van der Waals surface area contributed by atoms with Gasteiger partial charge in [0, 0.05) is 0 Å². The van der Waals surface area contributed by atoms with E-state index >= 15 is 0 Å². The molecule has 2 aliphatic rings. The van der Waals surface area contributed by atoms with Crippen LogP contribution in [0.3, 0.4) is 0 Å². The average Bonchev–Trinajstić information content (AvgIpc) is 2.77. The lowest BCUT2D eigenvalue weighted by molar-refractivity contribution is 0.0667. The molecule has 0 saturated heterocycles. The number of hydrogen-bond donors (Lipinski definition) is 0. The molecule has 2 fully saturated rings. The summed E-state index contributed by atoms with van der Waals surface area (Å²) >= 11 is 0. The Morgan fingerprint density at radius 2 is 2.17 bits per heavy atom. The lowest BCUT2D eigenvalue weighted by atomic mass is 9.80. The van der Waals surface area contributed by atoms with E-state index in [0.29, 0.717) is 0 Å². The van der Waals surface area contributed by atoms with Crippen molar-refractivity contribution in [1.29, 1.82) is 0 Å². The first-order valence-electron chi connectivity index (χ1n) is 4.96. The highest BCUT2D eigenvalue weighted by Crippen LogP contribution is 2.59. The number of oxime groups is 1. The molecule has 1 atom stereocenters. The van der Waals surface area contributed by atoms with E-state index in [1.165, 1.54) is 31.4 Å². The fraction of sp³-hybridized carbons (Fsp3) is 0.900. The summed E-state index contributed by atoms with van der Waals surface area (Å²) in [7, 11) is 0. The van der Waals surface area contributed by atoms with E-state index in [-0.39, 0.29) is 6.10 Å². The van der Waals surface area contributed by atoms with Crippen LogP contribution in [0, 0.1) is 5.41 Å². The summed E-state index contributed by atoms with van der Waals surface area (Å²) in [6.45, 7) is 4.18. The molecule has 0 N–H and O–H groups in total. The topological polar surface area (TPSA) is 21.6 Å². The van der Waals surface area contributed by atoms with Crippen LogP contribution in [0.4, 0.5) is 0 Å². The van der Waals surface area contributed by atoms with Crippen LogP contribution in [0.5, 0.6) is 0 Å². The van der Waals surface area contributed by atoms with Gasteiger partial charge in [0.2, 0.25) is 0 Å². The van der Waals surface area contributed by atoms with Gasteiger partial charge in [-0.25, -0.2) is 0 Å². The van der Waals surface area contributed by atoms with Gasteiger partial charge in [0.05, 0.1) is 5.71 Å². The second-order valence-corrected chi connectivity index (χ2v) is 4.34. The van der Waals surface area contributed by atoms with Gasteiger partial charge in [0.1, 0.15) is 6.10 Å². The largest absolute Gasteiger partial charge is 0.393 e. The van der Waals surface area contributed by atoms with E-state index in [9.17, 15) is 0 Å². The number of rotatable bonds is 3. The smallest absolute Gasteiger partial charge is 0.124 e. The molecule has 0 aromatic heterocycles. The highest BCUT2D eigenvalue weighted by Gasteiger charge is 2.51. The van der Waals surface area contributed by atoms with Crippen LogP contribution in [0.25, 0.3) is 0 Å². The van der Waals surface area contributed by atoms with Gasteiger partial charge in [-0.15, -0.1) is 0 Å². The average molecular weight is 167 g/mol. The standard InChI is InChI=1S/C10H17NO/c1-3-8(2)12-11-9-6-10(7-9)4-5-10/h8H,3-7H2,1-2H3. The van der Waals surface area contributed by atoms with E-state index in [0.717, 1.165) is 11.8 Å². The fourth-order valence-corrected chi connectivity index (χ4v) is 1.65. The van der Waals surface area contributed by atoms with Crippen LogP contribution >= 0.6 is 0 Å². The number of hydrogen-bond acceptors (Lipinski definition) is 2. The monoisotopic (exact) mass is 167 g/mol. The third kappa shape index (κ3) is 1.47. The second kappa shape index (κ2) is 2.75. The van der Waals surface area contributed by atoms with Crippen molar-refractivity contribution < 1.29 is 4.84 Å². The van der Waals surface area contributed by atoms with Gasteiger partial charge in [-0.2, -0.15) is 0 Å². The maximum atomic E-state index is 5.30. The Labute approximate surface area is 74.0 Å². The van der Waals surface area contributed by atoms with Crippen molar-refractivity contribution in [1.82, 2.24) is 0 Å². The minimum Gasteiger partial charge on any atom is -0.393 e. The van der Waals surface area contributed by atoms with Crippen molar-refractivity contribution in [3.63, 3.8) is 0 Å². The third-order valence-electron chi connectivity index (χ3n) is 3.05. The van der Waals surface area contributed by atoms with Gasteiger partial charge in [0.25, 0.3) is 0 Å². The molecule has 0 heterocycles. The Kier molecular flexibility index (Phi) is 1.85. The Morgan fingerprint density at radius 3 is 2.67 bits per heavy atom. The van der Waals surface area contributed by atoms with E-state index < -0.39 is 0 Å². The van der Waals surface area contributed by atoms with Gasteiger partial charge < -0.3 is 4.84 Å². The first kappa shape index (κ1) is 8.09. The number of nitrogens with zero attached hydrogens (tertiary/aromatic N) is 1. The second-order valence-electron chi connectivity index (χ2n) is 4.34. The minimum atomic E-state index is 0.285. The minimum absolute atomic E-state index is 0.285. The Balaban J connectivity index is 1.72. The molecule has 0 amide bonds. The molecule has 1 spiro atoms. The molecular formula is C10H17NO. The van der Waals surface area contributed by atoms with Gasteiger partial charge in [-0.05, 0) is 44.4 Å². The van der Waals surface area contributed by atoms with Crippen molar-refractivity contribution >= 4 is 5.71 Å². The molecule has 2 heteroatoms. The zero-order valence-corrected chi connectivity index (χ0v) is 7.97. The predicted octanol–water partition coefficient (Wildman–Crippen LogP) is 2.73. The molecule has 0 aliphatic heterocycles. The molecule has 2 aliphatic carbocycles. The van der Waals surface area contributed by atoms with Crippen molar-refractivity contribution in [2.45, 2.75) is 52.1 Å². The first-order chi connectivity index (χ1) is 5.74. The van der Waals surface area contributed by atoms with E-state index in [2.05, 4.69) is 19.0 Å². The summed E-state index contributed by atoms with van der Waals surface area (Å²) in [6.07, 6.45) is 6.60. The summed E-state index contributed by atoms with van der Waals surface area (Å²) in [4.78, 5) is 5.30. The molecule has 0 aromatic rings. The van der Waals surface area contributed by atoms with Crippen molar-refractivity contribution in [3.8, 4) is 0 Å². The van der Waals surface area contributed by atoms with Crippen molar-refractivity contribution in [2.24, 2.45) is 10.6 Å². The van der Waals surface area contributed by atoms with Gasteiger partial charge in [-0.1, -0.05) is 12.1 Å². The fourth-order valence-electron chi connectivity index (χ4n) is 1.65. The van der Waals surface area contributed by atoms with Crippen LogP contribution in [-0.2, 0) is 4.84 Å². The third-order valence-corrected chi connectivity index (χ3v) is 3.05. The Bertz CT molecular complexity index is 196. The molecule has 2 saturated carbocycles. The SMILES string of the molecule is CCC(C)ON=C1CC2(CC2)C1. The highest BCUT2D eigenvalue weighted by atomic mass is 16.6. The Morgan fingerprint density at radius 1 is 1.50 bits per heavy atom. The molecule has 0 aromatic carbocycles. The van der Waals surface area contributed by atoms with Crippen molar-refractivity contribution in [2.75, 3.05) is 0 Å². The molecule has 2 rings (SSSR count). The van der Waals surface area contributed by atoms with Gasteiger partial charge in [-0.3, -0.25) is 0 Å². The Hall–Kier alpha value is -0.530. The van der Waals surface area contributed by atoms with E-state index in [1.807, 2.05) is 0 Å². The maximum absolute atomic E-state index is 5.30. The maximum Gasteiger partial charge on any atom is 0.124 e. The highest BCUT2D eigenvalue weighted by molar-refractivity contribution is 5.92. The molecule has 0 radical (unpaired) electrons. The zero-order chi connectivity index (χ0) is 8.60. The molecule has 2 nitrogen and oxygen atoms in total. The summed E-state index contributed by atoms with van der Waals surface area (Å²) in [5.74, 6) is 0. The van der Waals surface area contributed by atoms with Crippen LogP contribution in [0.2, 0.25) is 0 Å². The van der Waals surface area contributed by atoms with Crippen LogP contribution < -0.4 is 0 Å². The molecule has 68 valence electrons. The van der Waals surface area contributed by atoms with E-state index in [1.54, 1.807) is 0 Å². The summed E-state index contributed by atoms with van der Waals surface area (Å²) in [6, 6.07) is 0. The molecule has 12 heavy (non-hydrogen) atoms.